The number of piperazine rings is 1. The second kappa shape index (κ2) is 5.16. The number of benzene rings is 1. The lowest BCUT2D eigenvalue weighted by Crippen LogP contribution is -2.62. The number of nitrogens with zero attached hydrogens (tertiary/aromatic N) is 1. The Bertz CT molecular complexity index is 446. The highest BCUT2D eigenvalue weighted by Crippen LogP contribution is 2.41. The minimum atomic E-state index is 0.437. The van der Waals surface area contributed by atoms with Crippen molar-refractivity contribution in [1.82, 2.24) is 10.2 Å². The Kier molecular flexibility index (Phi) is 3.31. The van der Waals surface area contributed by atoms with Crippen molar-refractivity contribution in [2.24, 2.45) is 0 Å². The highest BCUT2D eigenvalue weighted by atomic mass is 15.3. The normalized spacial score (nSPS) is 30.5. The average Bonchev–Trinajstić information content (AvgIpc) is 3.34. The Balaban J connectivity index is 1.56. The summed E-state index contributed by atoms with van der Waals surface area (Å²) in [6.45, 7) is 2.41. The van der Waals surface area contributed by atoms with Crippen molar-refractivity contribution >= 4 is 0 Å². The van der Waals surface area contributed by atoms with Crippen LogP contribution in [0.1, 0.15) is 56.6 Å². The van der Waals surface area contributed by atoms with Crippen molar-refractivity contribution in [2.45, 2.75) is 62.6 Å². The highest BCUT2D eigenvalue weighted by Gasteiger charge is 2.45. The van der Waals surface area contributed by atoms with Crippen molar-refractivity contribution in [2.75, 3.05) is 13.1 Å². The maximum Gasteiger partial charge on any atom is 0.0476 e. The quantitative estimate of drug-likeness (QED) is 0.885. The maximum absolute atomic E-state index is 3.95. The summed E-state index contributed by atoms with van der Waals surface area (Å²) in [5.41, 5.74) is 1.93. The van der Waals surface area contributed by atoms with Gasteiger partial charge in [-0.25, -0.2) is 0 Å². The number of hydrogen-bond donors (Lipinski definition) is 1. The maximum atomic E-state index is 3.95. The van der Waals surface area contributed by atoms with Crippen LogP contribution in [-0.2, 0) is 0 Å². The third-order valence-corrected chi connectivity index (χ3v) is 5.57. The monoisotopic (exact) mass is 270 g/mol. The van der Waals surface area contributed by atoms with Crippen LogP contribution in [0.3, 0.4) is 0 Å². The standard InChI is InChI=1S/C18H26N2/c1-3-7-15(8-4-1)17-13-19-18(11-5-2-6-12-18)14-20(17)16-9-10-16/h1,3-4,7-8,16-17,19H,2,5-6,9-14H2. The first-order valence-electron chi connectivity index (χ1n) is 8.42. The van der Waals surface area contributed by atoms with Gasteiger partial charge in [-0.3, -0.25) is 4.90 Å². The molecule has 2 aliphatic carbocycles. The van der Waals surface area contributed by atoms with E-state index in [1.54, 1.807) is 0 Å². The van der Waals surface area contributed by atoms with Gasteiger partial charge < -0.3 is 5.32 Å². The van der Waals surface area contributed by atoms with Gasteiger partial charge in [-0.05, 0) is 31.2 Å². The molecule has 20 heavy (non-hydrogen) atoms. The third kappa shape index (κ3) is 2.40. The summed E-state index contributed by atoms with van der Waals surface area (Å²) in [5, 5.41) is 3.95. The van der Waals surface area contributed by atoms with Crippen LogP contribution >= 0.6 is 0 Å². The zero-order chi connectivity index (χ0) is 13.4. The van der Waals surface area contributed by atoms with E-state index < -0.39 is 0 Å². The average molecular weight is 270 g/mol. The molecule has 1 heterocycles. The first-order valence-corrected chi connectivity index (χ1v) is 8.42. The van der Waals surface area contributed by atoms with Gasteiger partial charge in [0.05, 0.1) is 0 Å². The molecule has 2 saturated carbocycles. The van der Waals surface area contributed by atoms with Crippen LogP contribution in [-0.4, -0.2) is 29.6 Å². The van der Waals surface area contributed by atoms with Crippen LogP contribution in [0.15, 0.2) is 30.3 Å². The van der Waals surface area contributed by atoms with Gasteiger partial charge in [0.25, 0.3) is 0 Å². The van der Waals surface area contributed by atoms with Crippen LogP contribution in [0.2, 0.25) is 0 Å². The van der Waals surface area contributed by atoms with E-state index in [-0.39, 0.29) is 0 Å². The fourth-order valence-corrected chi connectivity index (χ4v) is 4.28. The summed E-state index contributed by atoms with van der Waals surface area (Å²) in [5.74, 6) is 0. The van der Waals surface area contributed by atoms with Crippen LogP contribution < -0.4 is 5.32 Å². The Morgan fingerprint density at radius 2 is 1.75 bits per heavy atom. The van der Waals surface area contributed by atoms with Gasteiger partial charge in [-0.2, -0.15) is 0 Å². The molecule has 0 amide bonds. The molecule has 0 aromatic heterocycles. The highest BCUT2D eigenvalue weighted by molar-refractivity contribution is 5.22. The van der Waals surface area contributed by atoms with Crippen molar-refractivity contribution in [1.29, 1.82) is 0 Å². The lowest BCUT2D eigenvalue weighted by molar-refractivity contribution is 0.0491. The van der Waals surface area contributed by atoms with E-state index in [4.69, 9.17) is 0 Å². The summed E-state index contributed by atoms with van der Waals surface area (Å²) in [4.78, 5) is 2.83. The summed E-state index contributed by atoms with van der Waals surface area (Å²) < 4.78 is 0. The van der Waals surface area contributed by atoms with E-state index in [2.05, 4.69) is 40.5 Å². The fourth-order valence-electron chi connectivity index (χ4n) is 4.28. The molecule has 1 aliphatic heterocycles. The minimum Gasteiger partial charge on any atom is -0.308 e. The van der Waals surface area contributed by atoms with Crippen LogP contribution in [0.5, 0.6) is 0 Å². The van der Waals surface area contributed by atoms with Gasteiger partial charge in [0, 0.05) is 30.7 Å². The molecule has 4 rings (SSSR count). The fraction of sp³-hybridized carbons (Fsp3) is 0.667. The summed E-state index contributed by atoms with van der Waals surface area (Å²) in [7, 11) is 0. The van der Waals surface area contributed by atoms with E-state index >= 15 is 0 Å². The zero-order valence-electron chi connectivity index (χ0n) is 12.4. The topological polar surface area (TPSA) is 15.3 Å². The lowest BCUT2D eigenvalue weighted by Gasteiger charge is -2.50. The number of nitrogens with one attached hydrogen (secondary N) is 1. The van der Waals surface area contributed by atoms with Crippen molar-refractivity contribution < 1.29 is 0 Å². The molecule has 3 fully saturated rings. The molecular formula is C18H26N2. The molecule has 108 valence electrons. The van der Waals surface area contributed by atoms with Crippen LogP contribution in [0, 0.1) is 0 Å². The Morgan fingerprint density at radius 1 is 1.00 bits per heavy atom. The van der Waals surface area contributed by atoms with Gasteiger partial charge in [-0.1, -0.05) is 49.6 Å². The van der Waals surface area contributed by atoms with Crippen molar-refractivity contribution in [3.05, 3.63) is 35.9 Å². The second-order valence-electron chi connectivity index (χ2n) is 7.05. The largest absolute Gasteiger partial charge is 0.308 e. The van der Waals surface area contributed by atoms with E-state index in [1.165, 1.54) is 57.1 Å². The van der Waals surface area contributed by atoms with E-state index in [1.807, 2.05) is 0 Å². The number of hydrogen-bond acceptors (Lipinski definition) is 2. The Hall–Kier alpha value is -0.860. The molecule has 2 heteroatoms. The molecule has 1 aromatic rings. The molecule has 1 saturated heterocycles. The molecule has 1 aromatic carbocycles. The van der Waals surface area contributed by atoms with E-state index in [9.17, 15) is 0 Å². The predicted octanol–water partition coefficient (Wildman–Crippen LogP) is 3.50. The minimum absolute atomic E-state index is 0.437. The first-order chi connectivity index (χ1) is 9.86. The lowest BCUT2D eigenvalue weighted by atomic mass is 9.79. The third-order valence-electron chi connectivity index (χ3n) is 5.57. The van der Waals surface area contributed by atoms with E-state index in [0.717, 1.165) is 12.6 Å². The molecule has 0 radical (unpaired) electrons. The van der Waals surface area contributed by atoms with E-state index in [0.29, 0.717) is 11.6 Å². The summed E-state index contributed by atoms with van der Waals surface area (Å²) >= 11 is 0. The van der Waals surface area contributed by atoms with Gasteiger partial charge in [0.2, 0.25) is 0 Å². The molecule has 1 unspecified atom stereocenters. The summed E-state index contributed by atoms with van der Waals surface area (Å²) in [6.07, 6.45) is 9.88. The molecule has 1 spiro atoms. The SMILES string of the molecule is c1ccc(C2CNC3(CCCCC3)CN2C2CC2)cc1. The van der Waals surface area contributed by atoms with Crippen LogP contribution in [0.25, 0.3) is 0 Å². The predicted molar refractivity (Wildman–Crippen MR) is 82.7 cm³/mol. The smallest absolute Gasteiger partial charge is 0.0476 e. The molecular weight excluding hydrogens is 244 g/mol. The van der Waals surface area contributed by atoms with Gasteiger partial charge in [0.1, 0.15) is 0 Å². The first kappa shape index (κ1) is 12.8. The Labute approximate surface area is 122 Å². The zero-order valence-corrected chi connectivity index (χ0v) is 12.4. The molecule has 1 atom stereocenters. The van der Waals surface area contributed by atoms with Crippen LogP contribution in [0.4, 0.5) is 0 Å². The Morgan fingerprint density at radius 3 is 2.45 bits per heavy atom. The molecule has 1 N–H and O–H groups in total. The van der Waals surface area contributed by atoms with Gasteiger partial charge in [0.15, 0.2) is 0 Å². The second-order valence-corrected chi connectivity index (χ2v) is 7.05. The molecule has 3 aliphatic rings. The van der Waals surface area contributed by atoms with Gasteiger partial charge in [-0.15, -0.1) is 0 Å². The molecule has 0 bridgehead atoms. The number of rotatable bonds is 2. The summed E-state index contributed by atoms with van der Waals surface area (Å²) in [6, 6.07) is 12.6. The molecule has 2 nitrogen and oxygen atoms in total. The van der Waals surface area contributed by atoms with Gasteiger partial charge >= 0.3 is 0 Å². The van der Waals surface area contributed by atoms with Crippen molar-refractivity contribution in [3.8, 4) is 0 Å². The van der Waals surface area contributed by atoms with Crippen molar-refractivity contribution in [3.63, 3.8) is 0 Å².